The van der Waals surface area contributed by atoms with Gasteiger partial charge in [-0.15, -0.1) is 11.8 Å². The van der Waals surface area contributed by atoms with Gasteiger partial charge in [-0.05, 0) is 36.6 Å². The molecule has 0 heterocycles. The Hall–Kier alpha value is -1.45. The highest BCUT2D eigenvalue weighted by molar-refractivity contribution is 7.99. The molecule has 0 saturated heterocycles. The van der Waals surface area contributed by atoms with Gasteiger partial charge in [-0.1, -0.05) is 54.1 Å². The fraction of sp³-hybridized carbons (Fsp3) is 0.278. The lowest BCUT2D eigenvalue weighted by Crippen LogP contribution is -2.32. The van der Waals surface area contributed by atoms with E-state index in [9.17, 15) is 4.79 Å². The summed E-state index contributed by atoms with van der Waals surface area (Å²) >= 11 is 7.51. The monoisotopic (exact) mass is 333 g/mol. The number of halogens is 1. The van der Waals surface area contributed by atoms with Crippen LogP contribution in [0, 0.1) is 0 Å². The maximum absolute atomic E-state index is 12.1. The number of hydrogen-bond acceptors (Lipinski definition) is 2. The van der Waals surface area contributed by atoms with Gasteiger partial charge in [0.15, 0.2) is 0 Å². The molecular formula is C18H20ClNOS. The second kappa shape index (κ2) is 8.86. The minimum atomic E-state index is -0.0505. The number of hydrogen-bond donors (Lipinski definition) is 1. The Labute approximate surface area is 141 Å². The van der Waals surface area contributed by atoms with Crippen molar-refractivity contribution in [2.45, 2.75) is 24.3 Å². The Balaban J connectivity index is 1.69. The van der Waals surface area contributed by atoms with E-state index in [1.807, 2.05) is 49.4 Å². The van der Waals surface area contributed by atoms with E-state index in [-0.39, 0.29) is 11.2 Å². The van der Waals surface area contributed by atoms with E-state index >= 15 is 0 Å². The molecule has 2 rings (SSSR count). The largest absolute Gasteiger partial charge is 0.355 e. The van der Waals surface area contributed by atoms with Crippen molar-refractivity contribution >= 4 is 29.3 Å². The average molecular weight is 334 g/mol. The Bertz CT molecular complexity index is 586. The zero-order valence-corrected chi connectivity index (χ0v) is 14.2. The van der Waals surface area contributed by atoms with E-state index in [2.05, 4.69) is 17.4 Å². The summed E-state index contributed by atoms with van der Waals surface area (Å²) < 4.78 is 0. The summed E-state index contributed by atoms with van der Waals surface area (Å²) in [6, 6.07) is 17.9. The smallest absolute Gasteiger partial charge is 0.232 e. The lowest BCUT2D eigenvalue weighted by molar-refractivity contribution is -0.120. The van der Waals surface area contributed by atoms with Crippen molar-refractivity contribution in [2.24, 2.45) is 0 Å². The zero-order valence-electron chi connectivity index (χ0n) is 12.6. The van der Waals surface area contributed by atoms with Gasteiger partial charge in [0.25, 0.3) is 0 Å². The van der Waals surface area contributed by atoms with E-state index in [4.69, 9.17) is 11.6 Å². The minimum absolute atomic E-state index is 0.0505. The molecule has 0 aromatic heterocycles. The fourth-order valence-electron chi connectivity index (χ4n) is 2.00. The van der Waals surface area contributed by atoms with Crippen LogP contribution in [0.3, 0.4) is 0 Å². The van der Waals surface area contributed by atoms with Gasteiger partial charge in [-0.25, -0.2) is 0 Å². The van der Waals surface area contributed by atoms with Gasteiger partial charge in [0.2, 0.25) is 5.91 Å². The standard InChI is InChI=1S/C18H20ClNOS/c1-14(22-13-16-5-3-2-4-6-16)18(21)20-12-11-15-7-9-17(19)10-8-15/h2-10,14H,11-13H2,1H3,(H,20,21). The molecule has 0 aliphatic rings. The van der Waals surface area contributed by atoms with Gasteiger partial charge in [0, 0.05) is 17.3 Å². The van der Waals surface area contributed by atoms with Gasteiger partial charge < -0.3 is 5.32 Å². The van der Waals surface area contributed by atoms with E-state index in [0.29, 0.717) is 6.54 Å². The average Bonchev–Trinajstić information content (AvgIpc) is 2.55. The van der Waals surface area contributed by atoms with Crippen LogP contribution in [0.4, 0.5) is 0 Å². The van der Waals surface area contributed by atoms with Crippen LogP contribution in [0.15, 0.2) is 54.6 Å². The first-order chi connectivity index (χ1) is 10.6. The highest BCUT2D eigenvalue weighted by atomic mass is 35.5. The van der Waals surface area contributed by atoms with Gasteiger partial charge >= 0.3 is 0 Å². The van der Waals surface area contributed by atoms with Crippen LogP contribution in [0.5, 0.6) is 0 Å². The fourth-order valence-corrected chi connectivity index (χ4v) is 2.99. The molecule has 1 atom stereocenters. The molecule has 0 fully saturated rings. The van der Waals surface area contributed by atoms with Crippen molar-refractivity contribution in [1.82, 2.24) is 5.32 Å². The maximum Gasteiger partial charge on any atom is 0.232 e. The summed E-state index contributed by atoms with van der Waals surface area (Å²) in [5.74, 6) is 0.946. The van der Waals surface area contributed by atoms with Crippen LogP contribution >= 0.6 is 23.4 Å². The Kier molecular flexibility index (Phi) is 6.81. The topological polar surface area (TPSA) is 29.1 Å². The molecule has 1 unspecified atom stereocenters. The number of carbonyl (C=O) groups is 1. The summed E-state index contributed by atoms with van der Waals surface area (Å²) in [5.41, 5.74) is 2.42. The quantitative estimate of drug-likeness (QED) is 0.817. The van der Waals surface area contributed by atoms with Crippen LogP contribution in [-0.4, -0.2) is 17.7 Å². The van der Waals surface area contributed by atoms with Crippen molar-refractivity contribution in [3.63, 3.8) is 0 Å². The maximum atomic E-state index is 12.1. The number of benzene rings is 2. The first kappa shape index (κ1) is 16.9. The van der Waals surface area contributed by atoms with Crippen molar-refractivity contribution in [2.75, 3.05) is 6.54 Å². The SMILES string of the molecule is CC(SCc1ccccc1)C(=O)NCCc1ccc(Cl)cc1. The summed E-state index contributed by atoms with van der Waals surface area (Å²) in [6.45, 7) is 2.60. The second-order valence-corrected chi connectivity index (χ2v) is 6.87. The third-order valence-electron chi connectivity index (χ3n) is 3.34. The van der Waals surface area contributed by atoms with Gasteiger partial charge in [-0.3, -0.25) is 4.79 Å². The highest BCUT2D eigenvalue weighted by Crippen LogP contribution is 2.17. The molecule has 0 radical (unpaired) electrons. The van der Waals surface area contributed by atoms with Crippen LogP contribution < -0.4 is 5.32 Å². The molecule has 2 aromatic rings. The number of rotatable bonds is 7. The van der Waals surface area contributed by atoms with E-state index in [0.717, 1.165) is 17.2 Å². The molecule has 0 saturated carbocycles. The number of amides is 1. The molecule has 2 nitrogen and oxygen atoms in total. The van der Waals surface area contributed by atoms with Gasteiger partial charge in [0.1, 0.15) is 0 Å². The number of carbonyl (C=O) groups excluding carboxylic acids is 1. The molecule has 116 valence electrons. The van der Waals surface area contributed by atoms with E-state index in [1.54, 1.807) is 11.8 Å². The predicted molar refractivity (Wildman–Crippen MR) is 95.4 cm³/mol. The summed E-state index contributed by atoms with van der Waals surface area (Å²) in [5, 5.41) is 3.67. The van der Waals surface area contributed by atoms with Crippen molar-refractivity contribution < 1.29 is 4.79 Å². The molecular weight excluding hydrogens is 314 g/mol. The highest BCUT2D eigenvalue weighted by Gasteiger charge is 2.12. The third-order valence-corrected chi connectivity index (χ3v) is 4.80. The molecule has 0 aliphatic carbocycles. The van der Waals surface area contributed by atoms with Crippen LogP contribution in [-0.2, 0) is 17.0 Å². The lowest BCUT2D eigenvalue weighted by Gasteiger charge is -2.12. The molecule has 4 heteroatoms. The molecule has 1 amide bonds. The molecule has 22 heavy (non-hydrogen) atoms. The lowest BCUT2D eigenvalue weighted by atomic mass is 10.1. The van der Waals surface area contributed by atoms with E-state index < -0.39 is 0 Å². The Morgan fingerprint density at radius 1 is 1.09 bits per heavy atom. The summed E-state index contributed by atoms with van der Waals surface area (Å²) in [6.07, 6.45) is 0.818. The molecule has 1 N–H and O–H groups in total. The van der Waals surface area contributed by atoms with E-state index in [1.165, 1.54) is 11.1 Å². The second-order valence-electron chi connectivity index (χ2n) is 5.11. The van der Waals surface area contributed by atoms with Crippen LogP contribution in [0.25, 0.3) is 0 Å². The molecule has 2 aromatic carbocycles. The van der Waals surface area contributed by atoms with Gasteiger partial charge in [0.05, 0.1) is 5.25 Å². The van der Waals surface area contributed by atoms with Crippen molar-refractivity contribution in [3.05, 3.63) is 70.7 Å². The van der Waals surface area contributed by atoms with Crippen molar-refractivity contribution in [3.8, 4) is 0 Å². The van der Waals surface area contributed by atoms with Gasteiger partial charge in [-0.2, -0.15) is 0 Å². The number of nitrogens with one attached hydrogen (secondary N) is 1. The molecule has 0 spiro atoms. The van der Waals surface area contributed by atoms with Crippen LogP contribution in [0.2, 0.25) is 5.02 Å². The zero-order chi connectivity index (χ0) is 15.8. The first-order valence-corrected chi connectivity index (χ1v) is 8.75. The Morgan fingerprint density at radius 3 is 2.45 bits per heavy atom. The third kappa shape index (κ3) is 5.74. The predicted octanol–water partition coefficient (Wildman–Crippen LogP) is 4.32. The molecule has 0 aliphatic heterocycles. The minimum Gasteiger partial charge on any atom is -0.355 e. The van der Waals surface area contributed by atoms with Crippen molar-refractivity contribution in [1.29, 1.82) is 0 Å². The first-order valence-electron chi connectivity index (χ1n) is 7.33. The van der Waals surface area contributed by atoms with Crippen LogP contribution in [0.1, 0.15) is 18.1 Å². The normalized spacial score (nSPS) is 11.9. The molecule has 0 bridgehead atoms. The summed E-state index contributed by atoms with van der Waals surface area (Å²) in [4.78, 5) is 12.1. The summed E-state index contributed by atoms with van der Waals surface area (Å²) in [7, 11) is 0. The number of thioether (sulfide) groups is 1. The Morgan fingerprint density at radius 2 is 1.77 bits per heavy atom.